The number of benzene rings is 2. The number of likely N-dealkylation sites (N-methyl/N-ethyl adjacent to an activating group) is 1. The molecule has 25 heavy (non-hydrogen) atoms. The van der Waals surface area contributed by atoms with E-state index >= 15 is 0 Å². The third-order valence-corrected chi connectivity index (χ3v) is 6.28. The lowest BCUT2D eigenvalue weighted by atomic mass is 10.1. The number of nitrogens with zero attached hydrogens (tertiary/aromatic N) is 1. The maximum atomic E-state index is 13.2. The van der Waals surface area contributed by atoms with Crippen molar-refractivity contribution in [1.29, 1.82) is 0 Å². The van der Waals surface area contributed by atoms with Gasteiger partial charge in [-0.15, -0.1) is 0 Å². The van der Waals surface area contributed by atoms with Gasteiger partial charge < -0.3 is 4.90 Å². The number of aryl methyl sites for hydroxylation is 1. The molecule has 0 heterocycles. The van der Waals surface area contributed by atoms with E-state index < -0.39 is 15.1 Å². The number of carbonyl (C=O) groups excluding carboxylic acids is 1. The van der Waals surface area contributed by atoms with Gasteiger partial charge in [0, 0.05) is 13.1 Å². The molecule has 134 valence electrons. The molecule has 2 rings (SSSR count). The second-order valence-corrected chi connectivity index (χ2v) is 8.12. The van der Waals surface area contributed by atoms with Gasteiger partial charge in [-0.05, 0) is 37.5 Å². The van der Waals surface area contributed by atoms with Gasteiger partial charge in [-0.25, -0.2) is 8.42 Å². The molecule has 4 nitrogen and oxygen atoms in total. The van der Waals surface area contributed by atoms with Gasteiger partial charge in [0.1, 0.15) is 0 Å². The van der Waals surface area contributed by atoms with Gasteiger partial charge >= 0.3 is 0 Å². The van der Waals surface area contributed by atoms with E-state index in [0.717, 1.165) is 11.1 Å². The molecule has 2 aromatic rings. The van der Waals surface area contributed by atoms with E-state index in [4.69, 9.17) is 0 Å². The lowest BCUT2D eigenvalue weighted by molar-refractivity contribution is -0.130. The lowest BCUT2D eigenvalue weighted by Gasteiger charge is -2.25. The van der Waals surface area contributed by atoms with Gasteiger partial charge in [-0.1, -0.05) is 54.6 Å². The summed E-state index contributed by atoms with van der Waals surface area (Å²) in [6.07, 6.45) is 0. The van der Waals surface area contributed by atoms with Crippen molar-refractivity contribution in [2.75, 3.05) is 13.1 Å². The van der Waals surface area contributed by atoms with Crippen molar-refractivity contribution in [2.45, 2.75) is 31.8 Å². The summed E-state index contributed by atoms with van der Waals surface area (Å²) in [4.78, 5) is 14.6. The van der Waals surface area contributed by atoms with E-state index in [1.165, 1.54) is 0 Å². The topological polar surface area (TPSA) is 54.5 Å². The van der Waals surface area contributed by atoms with Crippen molar-refractivity contribution in [2.24, 2.45) is 0 Å². The first-order chi connectivity index (χ1) is 11.9. The molecule has 1 amide bonds. The first-order valence-corrected chi connectivity index (χ1v) is 10.2. The van der Waals surface area contributed by atoms with Crippen molar-refractivity contribution in [3.8, 4) is 0 Å². The fourth-order valence-corrected chi connectivity index (χ4v) is 4.86. The lowest BCUT2D eigenvalue weighted by Crippen LogP contribution is -2.38. The first-order valence-electron chi connectivity index (χ1n) is 8.50. The molecule has 0 aliphatic rings. The van der Waals surface area contributed by atoms with Crippen LogP contribution in [0.1, 0.15) is 35.8 Å². The molecule has 0 radical (unpaired) electrons. The normalized spacial score (nSPS) is 12.6. The van der Waals surface area contributed by atoms with E-state index in [1.807, 2.05) is 45.0 Å². The zero-order valence-corrected chi connectivity index (χ0v) is 15.8. The van der Waals surface area contributed by atoms with Crippen LogP contribution in [0.3, 0.4) is 0 Å². The summed E-state index contributed by atoms with van der Waals surface area (Å²) in [6.45, 7) is 6.57. The van der Waals surface area contributed by atoms with Gasteiger partial charge in [0.2, 0.25) is 5.91 Å². The van der Waals surface area contributed by atoms with E-state index in [1.54, 1.807) is 35.2 Å². The Bertz CT molecular complexity index is 812. The van der Waals surface area contributed by atoms with Gasteiger partial charge in [0.25, 0.3) is 0 Å². The number of sulfone groups is 1. The zero-order chi connectivity index (χ0) is 18.4. The van der Waals surface area contributed by atoms with Crippen LogP contribution in [-0.4, -0.2) is 32.3 Å². The number of rotatable bonds is 7. The standard InChI is InChI=1S/C20H25NO3S/c1-4-21(5-2)20(22)19(17-12-7-6-8-13-17)25(23,24)15-18-14-10-9-11-16(18)3/h6-14,19H,4-5,15H2,1-3H3. The molecular formula is C20H25NO3S. The number of carbonyl (C=O) groups is 1. The molecule has 1 unspecified atom stereocenters. The second kappa shape index (κ2) is 8.30. The summed E-state index contributed by atoms with van der Waals surface area (Å²) in [5, 5.41) is -1.17. The van der Waals surface area contributed by atoms with Crippen LogP contribution in [0.2, 0.25) is 0 Å². The van der Waals surface area contributed by atoms with E-state index in [9.17, 15) is 13.2 Å². The maximum Gasteiger partial charge on any atom is 0.245 e. The average molecular weight is 359 g/mol. The highest BCUT2D eigenvalue weighted by Crippen LogP contribution is 2.28. The van der Waals surface area contributed by atoms with Crippen molar-refractivity contribution >= 4 is 15.7 Å². The summed E-state index contributed by atoms with van der Waals surface area (Å²) in [5.74, 6) is -0.503. The molecule has 0 N–H and O–H groups in total. The quantitative estimate of drug-likeness (QED) is 0.760. The van der Waals surface area contributed by atoms with Crippen LogP contribution in [0.5, 0.6) is 0 Å². The Hall–Kier alpha value is -2.14. The average Bonchev–Trinajstić information content (AvgIpc) is 2.59. The smallest absolute Gasteiger partial charge is 0.245 e. The van der Waals surface area contributed by atoms with Crippen LogP contribution in [0, 0.1) is 6.92 Å². The largest absolute Gasteiger partial charge is 0.342 e. The molecule has 1 atom stereocenters. The summed E-state index contributed by atoms with van der Waals surface area (Å²) >= 11 is 0. The third kappa shape index (κ3) is 4.48. The Kier molecular flexibility index (Phi) is 6.37. The minimum atomic E-state index is -3.71. The highest BCUT2D eigenvalue weighted by molar-refractivity contribution is 7.91. The van der Waals surface area contributed by atoms with Crippen LogP contribution >= 0.6 is 0 Å². The first kappa shape index (κ1) is 19.2. The predicted molar refractivity (Wildman–Crippen MR) is 101 cm³/mol. The molecule has 2 aromatic carbocycles. The highest BCUT2D eigenvalue weighted by atomic mass is 32.2. The minimum Gasteiger partial charge on any atom is -0.342 e. The molecule has 0 fully saturated rings. The highest BCUT2D eigenvalue weighted by Gasteiger charge is 2.36. The van der Waals surface area contributed by atoms with Gasteiger partial charge in [0.05, 0.1) is 5.75 Å². The molecule has 0 aliphatic carbocycles. The van der Waals surface area contributed by atoms with Crippen LogP contribution in [0.25, 0.3) is 0 Å². The minimum absolute atomic E-state index is 0.147. The molecule has 0 saturated carbocycles. The fraction of sp³-hybridized carbons (Fsp3) is 0.350. The molecule has 0 aromatic heterocycles. The monoisotopic (exact) mass is 359 g/mol. The summed E-state index contributed by atoms with van der Waals surface area (Å²) in [7, 11) is -3.71. The van der Waals surface area contributed by atoms with Crippen molar-refractivity contribution in [1.82, 2.24) is 4.90 Å². The van der Waals surface area contributed by atoms with Crippen molar-refractivity contribution < 1.29 is 13.2 Å². The Labute approximate surface area is 150 Å². The van der Waals surface area contributed by atoms with Crippen LogP contribution in [-0.2, 0) is 20.4 Å². The number of amides is 1. The molecule has 0 bridgehead atoms. The third-order valence-electron chi connectivity index (χ3n) is 4.38. The van der Waals surface area contributed by atoms with Gasteiger partial charge in [-0.2, -0.15) is 0 Å². The van der Waals surface area contributed by atoms with Crippen LogP contribution < -0.4 is 0 Å². The fourth-order valence-electron chi connectivity index (χ4n) is 2.90. The number of hydrogen-bond acceptors (Lipinski definition) is 3. The summed E-state index contributed by atoms with van der Waals surface area (Å²) in [5.41, 5.74) is 2.16. The SMILES string of the molecule is CCN(CC)C(=O)C(c1ccccc1)S(=O)(=O)Cc1ccccc1C. The molecule has 0 saturated heterocycles. The predicted octanol–water partition coefficient (Wildman–Crippen LogP) is 3.52. The van der Waals surface area contributed by atoms with Crippen molar-refractivity contribution in [3.05, 3.63) is 71.3 Å². The summed E-state index contributed by atoms with van der Waals surface area (Å²) in [6, 6.07) is 16.1. The van der Waals surface area contributed by atoms with E-state index in [-0.39, 0.29) is 11.7 Å². The Morgan fingerprint density at radius 2 is 1.52 bits per heavy atom. The van der Waals surface area contributed by atoms with E-state index in [0.29, 0.717) is 18.7 Å². The van der Waals surface area contributed by atoms with Gasteiger partial charge in [0.15, 0.2) is 15.1 Å². The maximum absolute atomic E-state index is 13.2. The summed E-state index contributed by atoms with van der Waals surface area (Å²) < 4.78 is 26.4. The van der Waals surface area contributed by atoms with Gasteiger partial charge in [-0.3, -0.25) is 4.79 Å². The molecule has 0 spiro atoms. The van der Waals surface area contributed by atoms with Crippen LogP contribution in [0.15, 0.2) is 54.6 Å². The van der Waals surface area contributed by atoms with Crippen molar-refractivity contribution in [3.63, 3.8) is 0 Å². The Morgan fingerprint density at radius 1 is 0.960 bits per heavy atom. The number of hydrogen-bond donors (Lipinski definition) is 0. The Morgan fingerprint density at radius 3 is 2.08 bits per heavy atom. The Balaban J connectivity index is 2.47. The molecular weight excluding hydrogens is 334 g/mol. The van der Waals surface area contributed by atoms with Crippen LogP contribution in [0.4, 0.5) is 0 Å². The van der Waals surface area contributed by atoms with E-state index in [2.05, 4.69) is 0 Å². The zero-order valence-electron chi connectivity index (χ0n) is 15.0. The molecule has 0 aliphatic heterocycles. The second-order valence-electron chi connectivity index (χ2n) is 6.03. The molecule has 5 heteroatoms.